The number of aryl methyl sites for hydroxylation is 1. The molecule has 3 rings (SSSR count). The van der Waals surface area contributed by atoms with Crippen LogP contribution >= 0.6 is 0 Å². The minimum Gasteiger partial charge on any atom is -0.387 e. The Labute approximate surface area is 164 Å². The van der Waals surface area contributed by atoms with Gasteiger partial charge in [0.2, 0.25) is 10.0 Å². The lowest BCUT2D eigenvalue weighted by atomic mass is 10.1. The summed E-state index contributed by atoms with van der Waals surface area (Å²) in [6, 6.07) is 21.1. The number of hydrogen-bond acceptors (Lipinski definition) is 3. The Bertz CT molecular complexity index is 1000. The van der Waals surface area contributed by atoms with Crippen molar-refractivity contribution in [1.29, 1.82) is 0 Å². The molecule has 1 N–H and O–H groups in total. The molecule has 1 unspecified atom stereocenters. The summed E-state index contributed by atoms with van der Waals surface area (Å²) in [5, 5.41) is 10.6. The number of hydrogen-bond donors (Lipinski definition) is 1. The van der Waals surface area contributed by atoms with E-state index in [1.165, 1.54) is 16.4 Å². The zero-order valence-electron chi connectivity index (χ0n) is 15.5. The first-order valence-corrected chi connectivity index (χ1v) is 10.3. The lowest BCUT2D eigenvalue weighted by molar-refractivity contribution is 0.145. The van der Waals surface area contributed by atoms with Crippen LogP contribution < -0.4 is 0 Å². The molecule has 146 valence electrons. The standard InChI is InChI=1S/C22H22FNO3S/c1-17-7-13-21(14-8-17)28(26,27)24(15-18-9-11-20(23)12-10-18)16-22(25)19-5-3-2-4-6-19/h2-14,22,25H,15-16H2,1H3. The summed E-state index contributed by atoms with van der Waals surface area (Å²) in [6.07, 6.45) is -0.984. The Morgan fingerprint density at radius 3 is 2.14 bits per heavy atom. The number of halogens is 1. The lowest BCUT2D eigenvalue weighted by Gasteiger charge is -2.25. The van der Waals surface area contributed by atoms with Crippen LogP contribution in [-0.2, 0) is 16.6 Å². The number of sulfonamides is 1. The fraction of sp³-hybridized carbons (Fsp3) is 0.182. The fourth-order valence-corrected chi connectivity index (χ4v) is 4.31. The van der Waals surface area contributed by atoms with Gasteiger partial charge in [0.1, 0.15) is 5.82 Å². The van der Waals surface area contributed by atoms with Crippen LogP contribution in [0.1, 0.15) is 22.8 Å². The Kier molecular flexibility index (Phi) is 6.24. The zero-order chi connectivity index (χ0) is 20.1. The molecule has 0 fully saturated rings. The van der Waals surface area contributed by atoms with Crippen LogP contribution in [0.4, 0.5) is 4.39 Å². The van der Waals surface area contributed by atoms with Crippen molar-refractivity contribution in [1.82, 2.24) is 4.31 Å². The van der Waals surface area contributed by atoms with E-state index in [0.717, 1.165) is 5.56 Å². The Hall–Kier alpha value is -2.54. The van der Waals surface area contributed by atoms with Gasteiger partial charge < -0.3 is 5.11 Å². The molecule has 1 atom stereocenters. The molecule has 28 heavy (non-hydrogen) atoms. The van der Waals surface area contributed by atoms with Gasteiger partial charge in [0.25, 0.3) is 0 Å². The minimum atomic E-state index is -3.85. The Morgan fingerprint density at radius 2 is 1.54 bits per heavy atom. The van der Waals surface area contributed by atoms with Gasteiger partial charge in [0, 0.05) is 13.1 Å². The van der Waals surface area contributed by atoms with Gasteiger partial charge in [0.15, 0.2) is 0 Å². The smallest absolute Gasteiger partial charge is 0.243 e. The normalized spacial score (nSPS) is 12.9. The SMILES string of the molecule is Cc1ccc(S(=O)(=O)N(Cc2ccc(F)cc2)CC(O)c2ccccc2)cc1. The van der Waals surface area contributed by atoms with E-state index in [9.17, 15) is 17.9 Å². The van der Waals surface area contributed by atoms with E-state index in [1.807, 2.05) is 13.0 Å². The third-order valence-electron chi connectivity index (χ3n) is 4.49. The molecule has 0 heterocycles. The molecular weight excluding hydrogens is 377 g/mol. The molecule has 0 aliphatic rings. The van der Waals surface area contributed by atoms with Crippen molar-refractivity contribution in [3.63, 3.8) is 0 Å². The van der Waals surface area contributed by atoms with Crippen molar-refractivity contribution < 1.29 is 17.9 Å². The van der Waals surface area contributed by atoms with Gasteiger partial charge in [-0.1, -0.05) is 60.2 Å². The zero-order valence-corrected chi connectivity index (χ0v) is 16.3. The highest BCUT2D eigenvalue weighted by Gasteiger charge is 2.27. The van der Waals surface area contributed by atoms with Crippen LogP contribution in [-0.4, -0.2) is 24.4 Å². The number of aliphatic hydroxyl groups excluding tert-OH is 1. The molecule has 0 radical (unpaired) electrons. The van der Waals surface area contributed by atoms with Gasteiger partial charge in [-0.05, 0) is 42.3 Å². The van der Waals surface area contributed by atoms with Gasteiger partial charge >= 0.3 is 0 Å². The summed E-state index contributed by atoms with van der Waals surface area (Å²) in [6.45, 7) is 1.80. The lowest BCUT2D eigenvalue weighted by Crippen LogP contribution is -2.34. The van der Waals surface area contributed by atoms with Crippen LogP contribution in [0.3, 0.4) is 0 Å². The summed E-state index contributed by atoms with van der Waals surface area (Å²) < 4.78 is 40.9. The van der Waals surface area contributed by atoms with E-state index in [2.05, 4.69) is 0 Å². The van der Waals surface area contributed by atoms with E-state index in [4.69, 9.17) is 0 Å². The van der Waals surface area contributed by atoms with E-state index in [0.29, 0.717) is 11.1 Å². The monoisotopic (exact) mass is 399 g/mol. The summed E-state index contributed by atoms with van der Waals surface area (Å²) in [5.41, 5.74) is 2.22. The van der Waals surface area contributed by atoms with Crippen molar-refractivity contribution in [2.24, 2.45) is 0 Å². The predicted molar refractivity (Wildman–Crippen MR) is 107 cm³/mol. The number of aliphatic hydroxyl groups is 1. The highest BCUT2D eigenvalue weighted by molar-refractivity contribution is 7.89. The minimum absolute atomic E-state index is 0.0282. The summed E-state index contributed by atoms with van der Waals surface area (Å²) in [4.78, 5) is 0.153. The van der Waals surface area contributed by atoms with E-state index >= 15 is 0 Å². The van der Waals surface area contributed by atoms with Gasteiger partial charge in [-0.15, -0.1) is 0 Å². The van der Waals surface area contributed by atoms with Crippen molar-refractivity contribution in [3.05, 3.63) is 101 Å². The first kappa shape index (κ1) is 20.2. The highest BCUT2D eigenvalue weighted by Crippen LogP contribution is 2.23. The van der Waals surface area contributed by atoms with Crippen molar-refractivity contribution >= 4 is 10.0 Å². The van der Waals surface area contributed by atoms with Gasteiger partial charge in [-0.2, -0.15) is 4.31 Å². The molecule has 0 saturated carbocycles. The molecular formula is C22H22FNO3S. The molecule has 0 aromatic heterocycles. The summed E-state index contributed by atoms with van der Waals surface area (Å²) in [5.74, 6) is -0.388. The van der Waals surface area contributed by atoms with E-state index in [1.54, 1.807) is 60.7 Å². The van der Waals surface area contributed by atoms with Crippen molar-refractivity contribution in [3.8, 4) is 0 Å². The van der Waals surface area contributed by atoms with E-state index in [-0.39, 0.29) is 23.8 Å². The molecule has 0 spiro atoms. The van der Waals surface area contributed by atoms with Crippen LogP contribution in [0.5, 0.6) is 0 Å². The molecule has 0 aliphatic carbocycles. The molecule has 0 saturated heterocycles. The molecule has 0 bridgehead atoms. The number of benzene rings is 3. The third kappa shape index (κ3) is 4.84. The first-order valence-electron chi connectivity index (χ1n) is 8.90. The molecule has 0 aliphatic heterocycles. The first-order chi connectivity index (χ1) is 13.4. The predicted octanol–water partition coefficient (Wildman–Crippen LogP) is 4.06. The second-order valence-corrected chi connectivity index (χ2v) is 8.60. The summed E-state index contributed by atoms with van der Waals surface area (Å²) >= 11 is 0. The molecule has 3 aromatic carbocycles. The number of nitrogens with zero attached hydrogens (tertiary/aromatic N) is 1. The van der Waals surface area contributed by atoms with Crippen LogP contribution in [0, 0.1) is 12.7 Å². The van der Waals surface area contributed by atoms with Crippen molar-refractivity contribution in [2.45, 2.75) is 24.5 Å². The second-order valence-electron chi connectivity index (χ2n) is 6.66. The highest BCUT2D eigenvalue weighted by atomic mass is 32.2. The van der Waals surface area contributed by atoms with Gasteiger partial charge in [0.05, 0.1) is 11.0 Å². The molecule has 4 nitrogen and oxygen atoms in total. The number of rotatable bonds is 7. The quantitative estimate of drug-likeness (QED) is 0.652. The van der Waals surface area contributed by atoms with Gasteiger partial charge in [-0.25, -0.2) is 12.8 Å². The average Bonchev–Trinajstić information content (AvgIpc) is 2.70. The van der Waals surface area contributed by atoms with E-state index < -0.39 is 16.1 Å². The maximum atomic E-state index is 13.2. The van der Waals surface area contributed by atoms with Crippen LogP contribution in [0.2, 0.25) is 0 Å². The van der Waals surface area contributed by atoms with Crippen LogP contribution in [0.15, 0.2) is 83.8 Å². The Morgan fingerprint density at radius 1 is 0.929 bits per heavy atom. The van der Waals surface area contributed by atoms with Crippen LogP contribution in [0.25, 0.3) is 0 Å². The topological polar surface area (TPSA) is 57.6 Å². The fourth-order valence-electron chi connectivity index (χ4n) is 2.87. The maximum absolute atomic E-state index is 13.2. The maximum Gasteiger partial charge on any atom is 0.243 e. The second kappa shape index (κ2) is 8.65. The summed E-state index contributed by atoms with van der Waals surface area (Å²) in [7, 11) is -3.85. The van der Waals surface area contributed by atoms with Gasteiger partial charge in [-0.3, -0.25) is 0 Å². The Balaban J connectivity index is 1.93. The van der Waals surface area contributed by atoms with Crippen molar-refractivity contribution in [2.75, 3.05) is 6.54 Å². The molecule has 3 aromatic rings. The molecule has 0 amide bonds. The third-order valence-corrected chi connectivity index (χ3v) is 6.32. The average molecular weight is 399 g/mol. The molecule has 6 heteroatoms. The largest absolute Gasteiger partial charge is 0.387 e.